The van der Waals surface area contributed by atoms with Crippen LogP contribution in [-0.2, 0) is 6.42 Å². The Morgan fingerprint density at radius 2 is 1.41 bits per heavy atom. The summed E-state index contributed by atoms with van der Waals surface area (Å²) in [6.07, 6.45) is 1.78. The zero-order valence-corrected chi connectivity index (χ0v) is 18.1. The molecule has 5 rings (SSSR count). The van der Waals surface area contributed by atoms with E-state index in [0.29, 0.717) is 5.75 Å². The summed E-state index contributed by atoms with van der Waals surface area (Å²) in [4.78, 5) is 0. The molecule has 3 nitrogen and oxygen atoms in total. The van der Waals surface area contributed by atoms with Crippen molar-refractivity contribution in [2.45, 2.75) is 25.6 Å². The van der Waals surface area contributed by atoms with Gasteiger partial charge in [-0.05, 0) is 35.7 Å². The van der Waals surface area contributed by atoms with Gasteiger partial charge in [-0.2, -0.15) is 0 Å². The zero-order valence-electron chi connectivity index (χ0n) is 18.1. The fourth-order valence-electron chi connectivity index (χ4n) is 4.43. The summed E-state index contributed by atoms with van der Waals surface area (Å²) in [7, 11) is -0.457. The monoisotopic (exact) mass is 420 g/mol. The summed E-state index contributed by atoms with van der Waals surface area (Å²) >= 11 is 0. The molecular weight excluding hydrogens is 395 g/mol. The van der Waals surface area contributed by atoms with Crippen LogP contribution in [0.25, 0.3) is 22.3 Å². The van der Waals surface area contributed by atoms with Crippen molar-refractivity contribution in [3.05, 3.63) is 103 Å². The summed E-state index contributed by atoms with van der Waals surface area (Å²) in [5.74, 6) is 1.92. The molecule has 158 valence electrons. The van der Waals surface area contributed by atoms with Crippen molar-refractivity contribution in [2.24, 2.45) is 0 Å². The highest BCUT2D eigenvalue weighted by Gasteiger charge is 2.37. The second kappa shape index (κ2) is 8.84. The molecule has 0 fully saturated rings. The fraction of sp³-hybridized carbons (Fsp3) is 0.143. The largest absolute Gasteiger partial charge is 0.598 e. The van der Waals surface area contributed by atoms with E-state index in [2.05, 4.69) is 37.3 Å². The van der Waals surface area contributed by atoms with Crippen molar-refractivity contribution >= 4 is 7.12 Å². The van der Waals surface area contributed by atoms with Crippen LogP contribution in [0.1, 0.15) is 18.9 Å². The average molecular weight is 420 g/mol. The third kappa shape index (κ3) is 3.84. The average Bonchev–Trinajstić information content (AvgIpc) is 2.82. The lowest BCUT2D eigenvalue weighted by molar-refractivity contribution is 0.396. The maximum Gasteiger partial charge on any atom is 0.598 e. The summed E-state index contributed by atoms with van der Waals surface area (Å²) in [5, 5.41) is 10.4. The summed E-state index contributed by atoms with van der Waals surface area (Å²) in [6.45, 7) is 2.18. The lowest BCUT2D eigenvalue weighted by atomic mass is 9.65. The van der Waals surface area contributed by atoms with Crippen LogP contribution < -0.4 is 9.31 Å². The number of hydrogen-bond acceptors (Lipinski definition) is 3. The topological polar surface area (TPSA) is 38.7 Å². The minimum Gasteiger partial charge on any atom is -0.525 e. The molecule has 1 aliphatic rings. The molecule has 0 bridgehead atoms. The Morgan fingerprint density at radius 3 is 2.19 bits per heavy atom. The first-order valence-corrected chi connectivity index (χ1v) is 11.1. The van der Waals surface area contributed by atoms with Crippen LogP contribution in [0.2, 0.25) is 5.82 Å². The molecule has 0 saturated carbocycles. The molecule has 1 heterocycles. The van der Waals surface area contributed by atoms with Gasteiger partial charge >= 0.3 is 7.12 Å². The Bertz CT molecular complexity index is 1240. The lowest BCUT2D eigenvalue weighted by Crippen LogP contribution is -2.37. The Kier molecular flexibility index (Phi) is 5.59. The van der Waals surface area contributed by atoms with E-state index in [1.165, 1.54) is 11.1 Å². The maximum atomic E-state index is 10.4. The molecule has 0 aliphatic carbocycles. The zero-order chi connectivity index (χ0) is 21.9. The molecule has 0 amide bonds. The van der Waals surface area contributed by atoms with E-state index in [0.717, 1.165) is 35.3 Å². The van der Waals surface area contributed by atoms with E-state index in [9.17, 15) is 5.11 Å². The fourth-order valence-corrected chi connectivity index (χ4v) is 4.43. The van der Waals surface area contributed by atoms with Gasteiger partial charge in [0.15, 0.2) is 0 Å². The van der Waals surface area contributed by atoms with Crippen LogP contribution in [0.4, 0.5) is 0 Å². The third-order valence-corrected chi connectivity index (χ3v) is 6.15. The minimum absolute atomic E-state index is 0.168. The van der Waals surface area contributed by atoms with Crippen molar-refractivity contribution < 1.29 is 14.4 Å². The highest BCUT2D eigenvalue weighted by molar-refractivity contribution is 6.48. The van der Waals surface area contributed by atoms with E-state index in [1.54, 1.807) is 6.07 Å². The first-order valence-electron chi connectivity index (χ1n) is 11.1. The molecule has 1 N–H and O–H groups in total. The van der Waals surface area contributed by atoms with Gasteiger partial charge in [0, 0.05) is 22.5 Å². The van der Waals surface area contributed by atoms with Crippen LogP contribution in [0.3, 0.4) is 0 Å². The molecule has 32 heavy (non-hydrogen) atoms. The van der Waals surface area contributed by atoms with Gasteiger partial charge < -0.3 is 14.4 Å². The highest BCUT2D eigenvalue weighted by atomic mass is 16.6. The second-order valence-corrected chi connectivity index (χ2v) is 8.14. The standard InChI is InChI=1S/C28H25BO3/c1-2-21-19-20-11-3-4-12-22(20)24-14-6-9-17-27(24)31-29(21)32-28-18-10-7-15-25(28)23-13-5-8-16-26(23)30/h3-18,21,30H,2,19H2,1H3. The summed E-state index contributed by atoms with van der Waals surface area (Å²) < 4.78 is 13.1. The lowest BCUT2D eigenvalue weighted by Gasteiger charge is -2.29. The van der Waals surface area contributed by atoms with Crippen LogP contribution in [0.15, 0.2) is 97.1 Å². The van der Waals surface area contributed by atoms with Crippen LogP contribution >= 0.6 is 0 Å². The van der Waals surface area contributed by atoms with Crippen molar-refractivity contribution in [1.29, 1.82) is 0 Å². The number of para-hydroxylation sites is 3. The van der Waals surface area contributed by atoms with Crippen LogP contribution in [0, 0.1) is 0 Å². The van der Waals surface area contributed by atoms with Crippen molar-refractivity contribution in [1.82, 2.24) is 0 Å². The number of rotatable bonds is 4. The van der Waals surface area contributed by atoms with Crippen molar-refractivity contribution in [2.75, 3.05) is 0 Å². The molecule has 0 aromatic heterocycles. The molecule has 0 saturated heterocycles. The van der Waals surface area contributed by atoms with Gasteiger partial charge in [-0.1, -0.05) is 92.2 Å². The number of aromatic hydroxyl groups is 1. The van der Waals surface area contributed by atoms with Crippen LogP contribution in [-0.4, -0.2) is 12.2 Å². The number of fused-ring (bicyclic) bond motifs is 3. The third-order valence-electron chi connectivity index (χ3n) is 6.15. The highest BCUT2D eigenvalue weighted by Crippen LogP contribution is 2.41. The first-order chi connectivity index (χ1) is 15.7. The quantitative estimate of drug-likeness (QED) is 0.361. The molecule has 1 aliphatic heterocycles. The number of phenols is 1. The molecule has 4 aromatic rings. The van der Waals surface area contributed by atoms with Crippen molar-refractivity contribution in [3.63, 3.8) is 0 Å². The smallest absolute Gasteiger partial charge is 0.525 e. The second-order valence-electron chi connectivity index (χ2n) is 8.14. The molecule has 4 aromatic carbocycles. The Labute approximate surface area is 189 Å². The Balaban J connectivity index is 1.56. The van der Waals surface area contributed by atoms with Gasteiger partial charge in [0.2, 0.25) is 0 Å². The first kappa shape index (κ1) is 20.3. The molecule has 1 atom stereocenters. The normalized spacial score (nSPS) is 15.0. The van der Waals surface area contributed by atoms with E-state index in [-0.39, 0.29) is 11.6 Å². The minimum atomic E-state index is -0.457. The van der Waals surface area contributed by atoms with Gasteiger partial charge in [0.25, 0.3) is 0 Å². The maximum absolute atomic E-state index is 10.4. The van der Waals surface area contributed by atoms with E-state index >= 15 is 0 Å². The number of phenolic OH excluding ortho intramolecular Hbond substituents is 1. The van der Waals surface area contributed by atoms with Gasteiger partial charge in [0.1, 0.15) is 17.2 Å². The number of benzene rings is 4. The molecule has 0 spiro atoms. The van der Waals surface area contributed by atoms with E-state index < -0.39 is 7.12 Å². The van der Waals surface area contributed by atoms with Gasteiger partial charge in [0.05, 0.1) is 0 Å². The van der Waals surface area contributed by atoms with Crippen molar-refractivity contribution in [3.8, 4) is 39.5 Å². The molecule has 0 radical (unpaired) electrons. The van der Waals surface area contributed by atoms with E-state index in [4.69, 9.17) is 9.31 Å². The SMILES string of the molecule is CCC1Cc2ccccc2-c2ccccc2OB1Oc1ccccc1-c1ccccc1O. The Hall–Kier alpha value is -3.66. The molecule has 1 unspecified atom stereocenters. The van der Waals surface area contributed by atoms with E-state index in [1.807, 2.05) is 60.7 Å². The predicted molar refractivity (Wildman–Crippen MR) is 130 cm³/mol. The summed E-state index contributed by atoms with van der Waals surface area (Å²) in [5.41, 5.74) is 5.19. The molecule has 4 heteroatoms. The van der Waals surface area contributed by atoms with Crippen LogP contribution in [0.5, 0.6) is 17.2 Å². The molecular formula is C28H25BO3. The van der Waals surface area contributed by atoms with Gasteiger partial charge in [-0.3, -0.25) is 0 Å². The number of hydrogen-bond donors (Lipinski definition) is 1. The van der Waals surface area contributed by atoms with Gasteiger partial charge in [-0.25, -0.2) is 0 Å². The Morgan fingerprint density at radius 1 is 0.781 bits per heavy atom. The summed E-state index contributed by atoms with van der Waals surface area (Å²) in [6, 6.07) is 31.8. The predicted octanol–water partition coefficient (Wildman–Crippen LogP) is 7.01. The van der Waals surface area contributed by atoms with Gasteiger partial charge in [-0.15, -0.1) is 0 Å².